The molecule has 0 unspecified atom stereocenters. The Morgan fingerprint density at radius 3 is 1.02 bits per heavy atom. The third-order valence-corrected chi connectivity index (χ3v) is 6.43. The molecule has 0 bridgehead atoms. The number of esters is 2. The van der Waals surface area contributed by atoms with Gasteiger partial charge in [-0.25, -0.2) is 0 Å². The molecule has 0 aromatic heterocycles. The van der Waals surface area contributed by atoms with Gasteiger partial charge in [-0.2, -0.15) is 0 Å². The number of carbonyl (C=O) groups is 2. The van der Waals surface area contributed by atoms with Gasteiger partial charge in [0, 0.05) is 0 Å². The van der Waals surface area contributed by atoms with Crippen molar-refractivity contribution in [2.45, 2.75) is 65.6 Å². The highest BCUT2D eigenvalue weighted by Gasteiger charge is 2.16. The fraction of sp³-hybridized carbons (Fsp3) is 0.750. The van der Waals surface area contributed by atoms with E-state index < -0.39 is 11.2 Å². The number of carbonyl (C=O) groups excluding carboxylic acids is 2. The Kier molecular flexibility index (Phi) is 22.7. The summed E-state index contributed by atoms with van der Waals surface area (Å²) in [6.45, 7) is 16.5. The Morgan fingerprint density at radius 2 is 0.739 bits per heavy atom. The van der Waals surface area contributed by atoms with Crippen LogP contribution in [0.25, 0.3) is 0 Å². The van der Waals surface area contributed by atoms with Crippen LogP contribution in [-0.2, 0) is 47.5 Å². The number of benzene rings is 1. The van der Waals surface area contributed by atoms with Gasteiger partial charge in [0.2, 0.25) is 0 Å². The van der Waals surface area contributed by atoms with Crippen LogP contribution in [0, 0.1) is 0 Å². The highest BCUT2D eigenvalue weighted by Crippen LogP contribution is 2.36. The number of hydrogen-bond acceptors (Lipinski definition) is 12. The van der Waals surface area contributed by atoms with E-state index >= 15 is 0 Å². The van der Waals surface area contributed by atoms with Crippen LogP contribution >= 0.6 is 31.9 Å². The summed E-state index contributed by atoms with van der Waals surface area (Å²) in [6.07, 6.45) is 0.435. The molecule has 46 heavy (non-hydrogen) atoms. The largest absolute Gasteiger partial charge is 0.490 e. The zero-order valence-electron chi connectivity index (χ0n) is 28.1. The van der Waals surface area contributed by atoms with Gasteiger partial charge in [0.15, 0.2) is 0 Å². The quantitative estimate of drug-likeness (QED) is 0.0866. The fourth-order valence-electron chi connectivity index (χ4n) is 3.33. The van der Waals surface area contributed by atoms with Crippen LogP contribution in [0.5, 0.6) is 11.5 Å². The van der Waals surface area contributed by atoms with Crippen LogP contribution in [0.1, 0.15) is 54.4 Å². The van der Waals surface area contributed by atoms with Crippen molar-refractivity contribution >= 4 is 43.8 Å². The third kappa shape index (κ3) is 24.6. The van der Waals surface area contributed by atoms with Crippen molar-refractivity contribution in [2.24, 2.45) is 0 Å². The maximum atomic E-state index is 11.6. The molecule has 1 aromatic carbocycles. The van der Waals surface area contributed by atoms with E-state index in [-0.39, 0.29) is 24.8 Å². The monoisotopic (exact) mass is 786 g/mol. The van der Waals surface area contributed by atoms with Crippen LogP contribution in [-0.4, -0.2) is 116 Å². The predicted molar refractivity (Wildman–Crippen MR) is 179 cm³/mol. The van der Waals surface area contributed by atoms with E-state index in [1.807, 2.05) is 53.7 Å². The molecular weight excluding hydrogens is 736 g/mol. The van der Waals surface area contributed by atoms with Gasteiger partial charge >= 0.3 is 11.9 Å². The van der Waals surface area contributed by atoms with Crippen molar-refractivity contribution in [2.75, 3.05) is 92.5 Å². The molecule has 1 rings (SSSR count). The minimum atomic E-state index is -0.486. The fourth-order valence-corrected chi connectivity index (χ4v) is 4.21. The first-order valence-electron chi connectivity index (χ1n) is 15.4. The van der Waals surface area contributed by atoms with E-state index in [1.54, 1.807) is 0 Å². The second-order valence-electron chi connectivity index (χ2n) is 11.8. The van der Waals surface area contributed by atoms with Gasteiger partial charge in [0.05, 0.1) is 101 Å². The molecule has 0 aliphatic carbocycles. The van der Waals surface area contributed by atoms with Crippen molar-refractivity contribution in [3.8, 4) is 11.5 Å². The lowest BCUT2D eigenvalue weighted by molar-refractivity contribution is -0.157. The van der Waals surface area contributed by atoms with E-state index in [0.29, 0.717) is 104 Å². The molecule has 0 atom stereocenters. The highest BCUT2D eigenvalue weighted by molar-refractivity contribution is 9.11. The molecule has 0 radical (unpaired) electrons. The van der Waals surface area contributed by atoms with Gasteiger partial charge in [0.1, 0.15) is 35.9 Å². The molecule has 0 amide bonds. The van der Waals surface area contributed by atoms with E-state index in [4.69, 9.17) is 47.4 Å². The molecule has 14 heteroatoms. The molecule has 0 aliphatic heterocycles. The summed E-state index contributed by atoms with van der Waals surface area (Å²) >= 11 is 7.04. The highest BCUT2D eigenvalue weighted by atomic mass is 79.9. The molecule has 0 spiro atoms. The van der Waals surface area contributed by atoms with E-state index in [1.165, 1.54) is 0 Å². The Balaban J connectivity index is 2.01. The number of rotatable bonds is 26. The van der Waals surface area contributed by atoms with Crippen molar-refractivity contribution < 1.29 is 57.0 Å². The Morgan fingerprint density at radius 1 is 0.478 bits per heavy atom. The minimum absolute atomic E-state index is 0.217. The number of halogens is 2. The maximum absolute atomic E-state index is 11.6. The first-order valence-corrected chi connectivity index (χ1v) is 17.0. The van der Waals surface area contributed by atoms with Gasteiger partial charge in [0.25, 0.3) is 0 Å². The van der Waals surface area contributed by atoms with Gasteiger partial charge in [-0.3, -0.25) is 9.59 Å². The van der Waals surface area contributed by atoms with Crippen molar-refractivity contribution in [1.82, 2.24) is 0 Å². The molecule has 0 N–H and O–H groups in total. The summed E-state index contributed by atoms with van der Waals surface area (Å²) in [6, 6.07) is 3.66. The topological polar surface area (TPSA) is 126 Å². The molecule has 0 aliphatic rings. The van der Waals surface area contributed by atoms with Crippen LogP contribution in [0.15, 0.2) is 21.1 Å². The van der Waals surface area contributed by atoms with E-state index in [0.717, 1.165) is 8.95 Å². The first kappa shape index (κ1) is 42.5. The summed E-state index contributed by atoms with van der Waals surface area (Å²) in [5, 5.41) is 0. The molecule has 0 saturated heterocycles. The Labute approximate surface area is 290 Å². The summed E-state index contributed by atoms with van der Waals surface area (Å²) in [4.78, 5) is 23.2. The summed E-state index contributed by atoms with van der Waals surface area (Å²) < 4.78 is 56.4. The van der Waals surface area contributed by atoms with Crippen LogP contribution < -0.4 is 9.47 Å². The zero-order valence-corrected chi connectivity index (χ0v) is 31.3. The third-order valence-electron chi connectivity index (χ3n) is 5.19. The van der Waals surface area contributed by atoms with Gasteiger partial charge in [-0.1, -0.05) is 0 Å². The van der Waals surface area contributed by atoms with E-state index in [9.17, 15) is 9.59 Å². The normalized spacial score (nSPS) is 11.8. The molecule has 12 nitrogen and oxygen atoms in total. The van der Waals surface area contributed by atoms with Crippen molar-refractivity contribution in [1.29, 1.82) is 0 Å². The summed E-state index contributed by atoms with van der Waals surface area (Å²) in [7, 11) is 0. The minimum Gasteiger partial charge on any atom is -0.490 e. The zero-order chi connectivity index (χ0) is 34.3. The summed E-state index contributed by atoms with van der Waals surface area (Å²) in [5.74, 6) is 0.764. The van der Waals surface area contributed by atoms with Gasteiger partial charge < -0.3 is 47.4 Å². The second-order valence-corrected chi connectivity index (χ2v) is 13.5. The molecular formula is C32H52Br2O12. The van der Waals surface area contributed by atoms with Crippen molar-refractivity contribution in [3.05, 3.63) is 21.1 Å². The lowest BCUT2D eigenvalue weighted by Gasteiger charge is -2.19. The SMILES string of the molecule is CC(C)(C)OC(=O)CCOCCOCCOCCOc1cc(Br)c(OCCOCCOCCOCCC(=O)OC(C)(C)C)cc1Br. The standard InChI is InChI=1S/C32H52Br2O12/c1-31(2,3)45-29(35)7-9-37-11-13-39-15-17-41-19-21-43-27-23-26(34)28(24-25(27)33)44-22-20-42-18-16-40-14-12-38-10-8-30(36)46-32(4,5)6/h23-24H,7-22H2,1-6H3. The summed E-state index contributed by atoms with van der Waals surface area (Å²) in [5.41, 5.74) is -0.973. The number of hydrogen-bond donors (Lipinski definition) is 0. The maximum Gasteiger partial charge on any atom is 0.308 e. The number of ether oxygens (including phenoxy) is 10. The van der Waals surface area contributed by atoms with Gasteiger partial charge in [-0.15, -0.1) is 0 Å². The first-order chi connectivity index (χ1) is 21.8. The molecule has 0 heterocycles. The average molecular weight is 789 g/mol. The Bertz CT molecular complexity index is 901. The second kappa shape index (κ2) is 24.6. The molecule has 0 fully saturated rings. The van der Waals surface area contributed by atoms with Gasteiger partial charge in [-0.05, 0) is 85.5 Å². The van der Waals surface area contributed by atoms with Crippen LogP contribution in [0.4, 0.5) is 0 Å². The lowest BCUT2D eigenvalue weighted by atomic mass is 10.2. The average Bonchev–Trinajstić information content (AvgIpc) is 2.94. The molecule has 266 valence electrons. The molecule has 1 aromatic rings. The molecule has 0 saturated carbocycles. The Hall–Kier alpha value is -1.52. The van der Waals surface area contributed by atoms with Crippen LogP contribution in [0.3, 0.4) is 0 Å². The van der Waals surface area contributed by atoms with E-state index in [2.05, 4.69) is 31.9 Å². The lowest BCUT2D eigenvalue weighted by Crippen LogP contribution is -2.24. The predicted octanol–water partition coefficient (Wildman–Crippen LogP) is 5.53. The van der Waals surface area contributed by atoms with Crippen LogP contribution in [0.2, 0.25) is 0 Å². The van der Waals surface area contributed by atoms with Crippen molar-refractivity contribution in [3.63, 3.8) is 0 Å². The smallest absolute Gasteiger partial charge is 0.308 e.